The van der Waals surface area contributed by atoms with Crippen molar-refractivity contribution in [2.45, 2.75) is 26.4 Å². The molecular weight excluding hydrogens is 289 g/mol. The number of nitrogens with one attached hydrogen (secondary N) is 1. The highest BCUT2D eigenvalue weighted by Crippen LogP contribution is 2.32. The van der Waals surface area contributed by atoms with Gasteiger partial charge in [-0.25, -0.2) is 0 Å². The van der Waals surface area contributed by atoms with Gasteiger partial charge in [0.1, 0.15) is 10.0 Å². The van der Waals surface area contributed by atoms with Crippen molar-refractivity contribution >= 4 is 34.5 Å². The largest absolute Gasteiger partial charge is 0.308 e. The van der Waals surface area contributed by atoms with E-state index in [0.29, 0.717) is 22.6 Å². The number of rotatable bonds is 4. The molecular formula is C12H13Cl2N3S. The second-order valence-corrected chi connectivity index (χ2v) is 6.07. The molecule has 0 saturated heterocycles. The van der Waals surface area contributed by atoms with Crippen LogP contribution in [0.5, 0.6) is 0 Å². The standard InChI is InChI=1S/C12H13Cl2N3S/c1-7(2)15-6-11-16-17-12(18-11)9-5-8(13)3-4-10(9)14/h3-5,7,15H,6H2,1-2H3. The van der Waals surface area contributed by atoms with E-state index in [1.165, 1.54) is 11.3 Å². The van der Waals surface area contributed by atoms with Crippen molar-refractivity contribution in [3.63, 3.8) is 0 Å². The van der Waals surface area contributed by atoms with Crippen LogP contribution < -0.4 is 5.32 Å². The van der Waals surface area contributed by atoms with Gasteiger partial charge < -0.3 is 5.32 Å². The van der Waals surface area contributed by atoms with Gasteiger partial charge in [-0.05, 0) is 18.2 Å². The van der Waals surface area contributed by atoms with E-state index >= 15 is 0 Å². The van der Waals surface area contributed by atoms with E-state index in [-0.39, 0.29) is 0 Å². The SMILES string of the molecule is CC(C)NCc1nnc(-c2cc(Cl)ccc2Cl)s1. The molecule has 0 aliphatic carbocycles. The Bertz CT molecular complexity index is 540. The Morgan fingerprint density at radius 2 is 2.06 bits per heavy atom. The molecule has 0 aliphatic heterocycles. The number of aromatic nitrogens is 2. The van der Waals surface area contributed by atoms with Gasteiger partial charge in [0.05, 0.1) is 5.02 Å². The molecule has 1 aromatic heterocycles. The predicted octanol–water partition coefficient (Wildman–Crippen LogP) is 4.01. The van der Waals surface area contributed by atoms with Crippen LogP contribution in [0.25, 0.3) is 10.6 Å². The van der Waals surface area contributed by atoms with Gasteiger partial charge in [0, 0.05) is 23.2 Å². The highest BCUT2D eigenvalue weighted by molar-refractivity contribution is 7.14. The first-order valence-electron chi connectivity index (χ1n) is 5.57. The molecule has 18 heavy (non-hydrogen) atoms. The maximum Gasteiger partial charge on any atom is 0.149 e. The lowest BCUT2D eigenvalue weighted by atomic mass is 10.2. The van der Waals surface area contributed by atoms with Gasteiger partial charge in [0.25, 0.3) is 0 Å². The fourth-order valence-electron chi connectivity index (χ4n) is 1.39. The van der Waals surface area contributed by atoms with Gasteiger partial charge in [0.2, 0.25) is 0 Å². The second kappa shape index (κ2) is 5.97. The maximum absolute atomic E-state index is 6.13. The Morgan fingerprint density at radius 1 is 1.28 bits per heavy atom. The Morgan fingerprint density at radius 3 is 2.78 bits per heavy atom. The molecule has 0 radical (unpaired) electrons. The van der Waals surface area contributed by atoms with Crippen LogP contribution in [0.2, 0.25) is 10.0 Å². The van der Waals surface area contributed by atoms with Crippen molar-refractivity contribution in [3.05, 3.63) is 33.3 Å². The molecule has 2 aromatic rings. The van der Waals surface area contributed by atoms with Gasteiger partial charge in [-0.3, -0.25) is 0 Å². The Balaban J connectivity index is 2.21. The summed E-state index contributed by atoms with van der Waals surface area (Å²) in [7, 11) is 0. The summed E-state index contributed by atoms with van der Waals surface area (Å²) >= 11 is 13.6. The molecule has 0 saturated carbocycles. The van der Waals surface area contributed by atoms with E-state index in [4.69, 9.17) is 23.2 Å². The summed E-state index contributed by atoms with van der Waals surface area (Å²) in [5, 5.41) is 14.6. The minimum Gasteiger partial charge on any atom is -0.308 e. The van der Waals surface area contributed by atoms with Crippen LogP contribution in [-0.4, -0.2) is 16.2 Å². The lowest BCUT2D eigenvalue weighted by Crippen LogP contribution is -2.21. The lowest BCUT2D eigenvalue weighted by Gasteiger charge is -2.03. The highest BCUT2D eigenvalue weighted by Gasteiger charge is 2.10. The van der Waals surface area contributed by atoms with Gasteiger partial charge in [-0.2, -0.15) is 0 Å². The molecule has 0 amide bonds. The average molecular weight is 302 g/mol. The Kier molecular flexibility index (Phi) is 4.56. The van der Waals surface area contributed by atoms with Gasteiger partial charge in [-0.15, -0.1) is 10.2 Å². The fraction of sp³-hybridized carbons (Fsp3) is 0.333. The van der Waals surface area contributed by atoms with Crippen LogP contribution in [0, 0.1) is 0 Å². The summed E-state index contributed by atoms with van der Waals surface area (Å²) in [6.07, 6.45) is 0. The third-order valence-corrected chi connectivity index (χ3v) is 3.81. The maximum atomic E-state index is 6.13. The molecule has 0 aliphatic rings. The second-order valence-electron chi connectivity index (χ2n) is 4.16. The summed E-state index contributed by atoms with van der Waals surface area (Å²) in [6, 6.07) is 5.76. The molecule has 0 unspecified atom stereocenters. The molecule has 0 atom stereocenters. The molecule has 0 fully saturated rings. The quantitative estimate of drug-likeness (QED) is 0.927. The molecule has 1 N–H and O–H groups in total. The zero-order valence-corrected chi connectivity index (χ0v) is 12.4. The molecule has 96 valence electrons. The molecule has 1 aromatic carbocycles. The van der Waals surface area contributed by atoms with E-state index in [9.17, 15) is 0 Å². The zero-order valence-electron chi connectivity index (χ0n) is 10.1. The van der Waals surface area contributed by atoms with Crippen molar-refractivity contribution in [3.8, 4) is 10.6 Å². The highest BCUT2D eigenvalue weighted by atomic mass is 35.5. The van der Waals surface area contributed by atoms with E-state index < -0.39 is 0 Å². The summed E-state index contributed by atoms with van der Waals surface area (Å²) in [5.74, 6) is 0. The average Bonchev–Trinajstić information content (AvgIpc) is 2.78. The first-order valence-corrected chi connectivity index (χ1v) is 7.14. The molecule has 0 bridgehead atoms. The number of hydrogen-bond donors (Lipinski definition) is 1. The number of hydrogen-bond acceptors (Lipinski definition) is 4. The van der Waals surface area contributed by atoms with Crippen molar-refractivity contribution in [2.24, 2.45) is 0 Å². The molecule has 1 heterocycles. The smallest absolute Gasteiger partial charge is 0.149 e. The first kappa shape index (κ1) is 13.7. The van der Waals surface area contributed by atoms with Crippen LogP contribution in [0.15, 0.2) is 18.2 Å². The molecule has 2 rings (SSSR count). The lowest BCUT2D eigenvalue weighted by molar-refractivity contribution is 0.585. The summed E-state index contributed by atoms with van der Waals surface area (Å²) in [4.78, 5) is 0. The molecule has 3 nitrogen and oxygen atoms in total. The van der Waals surface area contributed by atoms with Crippen molar-refractivity contribution in [1.29, 1.82) is 0 Å². The van der Waals surface area contributed by atoms with Gasteiger partial charge in [-0.1, -0.05) is 48.4 Å². The third-order valence-electron chi connectivity index (χ3n) is 2.29. The fourth-order valence-corrected chi connectivity index (χ4v) is 2.64. The summed E-state index contributed by atoms with van der Waals surface area (Å²) < 4.78 is 0. The number of nitrogens with zero attached hydrogens (tertiary/aromatic N) is 2. The van der Waals surface area contributed by atoms with Gasteiger partial charge >= 0.3 is 0 Å². The number of halogens is 2. The summed E-state index contributed by atoms with van der Waals surface area (Å²) in [5.41, 5.74) is 0.831. The van der Waals surface area contributed by atoms with E-state index in [1.807, 2.05) is 6.07 Å². The third kappa shape index (κ3) is 3.42. The number of benzene rings is 1. The zero-order chi connectivity index (χ0) is 13.1. The van der Waals surface area contributed by atoms with Crippen LogP contribution in [-0.2, 0) is 6.54 Å². The minimum absolute atomic E-state index is 0.423. The minimum atomic E-state index is 0.423. The predicted molar refractivity (Wildman–Crippen MR) is 77.3 cm³/mol. The van der Waals surface area contributed by atoms with E-state index in [2.05, 4.69) is 29.4 Å². The van der Waals surface area contributed by atoms with Crippen molar-refractivity contribution in [1.82, 2.24) is 15.5 Å². The topological polar surface area (TPSA) is 37.8 Å². The summed E-state index contributed by atoms with van der Waals surface area (Å²) in [6.45, 7) is 4.90. The van der Waals surface area contributed by atoms with Crippen LogP contribution in [0.3, 0.4) is 0 Å². The molecule has 6 heteroatoms. The Hall–Kier alpha value is -0.680. The normalized spacial score (nSPS) is 11.2. The monoisotopic (exact) mass is 301 g/mol. The van der Waals surface area contributed by atoms with Gasteiger partial charge in [0.15, 0.2) is 0 Å². The first-order chi connectivity index (χ1) is 8.56. The Labute approximate surface area is 120 Å². The van der Waals surface area contributed by atoms with Crippen molar-refractivity contribution in [2.75, 3.05) is 0 Å². The van der Waals surface area contributed by atoms with E-state index in [1.54, 1.807) is 12.1 Å². The molecule has 0 spiro atoms. The van der Waals surface area contributed by atoms with Crippen molar-refractivity contribution < 1.29 is 0 Å². The van der Waals surface area contributed by atoms with E-state index in [0.717, 1.165) is 15.6 Å². The van der Waals surface area contributed by atoms with Crippen LogP contribution >= 0.6 is 34.5 Å². The van der Waals surface area contributed by atoms with Crippen LogP contribution in [0.4, 0.5) is 0 Å². The van der Waals surface area contributed by atoms with Crippen LogP contribution in [0.1, 0.15) is 18.9 Å².